The smallest absolute Gasteiger partial charge is 0.271 e. The molecule has 0 saturated heterocycles. The highest BCUT2D eigenvalue weighted by Crippen LogP contribution is 2.15. The van der Waals surface area contributed by atoms with Crippen LogP contribution in [0.2, 0.25) is 0 Å². The normalized spacial score (nSPS) is 19.0. The highest BCUT2D eigenvalue weighted by atomic mass is 16.3. The summed E-state index contributed by atoms with van der Waals surface area (Å²) < 4.78 is 0. The molecule has 0 aliphatic heterocycles. The summed E-state index contributed by atoms with van der Waals surface area (Å²) >= 11 is 0. The van der Waals surface area contributed by atoms with E-state index in [2.05, 4.69) is 22.7 Å². The molecule has 1 aliphatic carbocycles. The first-order chi connectivity index (χ1) is 8.75. The minimum absolute atomic E-state index is 0.0732. The number of phenolic OH excluding ortho intramolecular Hbond substituents is 1. The van der Waals surface area contributed by atoms with Gasteiger partial charge in [-0.2, -0.15) is 5.10 Å². The minimum Gasteiger partial charge on any atom is -0.508 e. The van der Waals surface area contributed by atoms with E-state index in [1.54, 1.807) is 18.3 Å². The molecule has 0 fully saturated rings. The predicted molar refractivity (Wildman–Crippen MR) is 70.5 cm³/mol. The lowest BCUT2D eigenvalue weighted by molar-refractivity contribution is 0.0954. The van der Waals surface area contributed by atoms with Crippen LogP contribution in [0.5, 0.6) is 5.75 Å². The topological polar surface area (TPSA) is 61.7 Å². The Morgan fingerprint density at radius 2 is 2.33 bits per heavy atom. The van der Waals surface area contributed by atoms with Gasteiger partial charge in [0.25, 0.3) is 5.91 Å². The fraction of sp³-hybridized carbons (Fsp3) is 0.286. The van der Waals surface area contributed by atoms with E-state index in [1.807, 2.05) is 0 Å². The Labute approximate surface area is 106 Å². The summed E-state index contributed by atoms with van der Waals surface area (Å²) in [5.74, 6) is 0.164. The van der Waals surface area contributed by atoms with Crippen molar-refractivity contribution in [2.45, 2.75) is 19.3 Å². The van der Waals surface area contributed by atoms with Crippen molar-refractivity contribution in [1.29, 1.82) is 0 Å². The third-order valence-electron chi connectivity index (χ3n) is 2.87. The Bertz CT molecular complexity index is 480. The van der Waals surface area contributed by atoms with Gasteiger partial charge in [0.1, 0.15) is 5.75 Å². The Kier molecular flexibility index (Phi) is 4.12. The molecule has 0 radical (unpaired) electrons. The van der Waals surface area contributed by atoms with Crippen LogP contribution < -0.4 is 5.43 Å². The first-order valence-corrected chi connectivity index (χ1v) is 6.03. The average molecular weight is 244 g/mol. The molecular weight excluding hydrogens is 228 g/mol. The molecule has 1 atom stereocenters. The van der Waals surface area contributed by atoms with Gasteiger partial charge in [-0.25, -0.2) is 5.43 Å². The number of carbonyl (C=O) groups excluding carboxylic acids is 1. The molecule has 1 aromatic rings. The van der Waals surface area contributed by atoms with Crippen molar-refractivity contribution in [1.82, 2.24) is 5.43 Å². The van der Waals surface area contributed by atoms with Crippen LogP contribution in [0.3, 0.4) is 0 Å². The number of carbonyl (C=O) groups is 1. The van der Waals surface area contributed by atoms with Crippen LogP contribution in [0.4, 0.5) is 0 Å². The summed E-state index contributed by atoms with van der Waals surface area (Å²) in [6, 6.07) is 6.19. The molecule has 18 heavy (non-hydrogen) atoms. The van der Waals surface area contributed by atoms with Crippen LogP contribution in [0.1, 0.15) is 29.6 Å². The molecule has 0 spiro atoms. The van der Waals surface area contributed by atoms with Crippen LogP contribution in [-0.2, 0) is 0 Å². The highest BCUT2D eigenvalue weighted by molar-refractivity contribution is 5.94. The summed E-state index contributed by atoms with van der Waals surface area (Å²) in [5.41, 5.74) is 2.87. The number of hydrogen-bond donors (Lipinski definition) is 2. The second-order valence-electron chi connectivity index (χ2n) is 4.31. The number of nitrogens with zero attached hydrogens (tertiary/aromatic N) is 1. The monoisotopic (exact) mass is 244 g/mol. The van der Waals surface area contributed by atoms with Gasteiger partial charge in [-0.05, 0) is 43.4 Å². The molecule has 1 amide bonds. The number of rotatable bonds is 3. The molecule has 0 unspecified atom stereocenters. The van der Waals surface area contributed by atoms with Gasteiger partial charge in [-0.1, -0.05) is 18.2 Å². The predicted octanol–water partition coefficient (Wildman–Crippen LogP) is 2.46. The van der Waals surface area contributed by atoms with Crippen molar-refractivity contribution in [2.24, 2.45) is 11.0 Å². The molecule has 94 valence electrons. The van der Waals surface area contributed by atoms with E-state index in [0.717, 1.165) is 19.3 Å². The van der Waals surface area contributed by atoms with Crippen molar-refractivity contribution in [3.8, 4) is 5.75 Å². The van der Waals surface area contributed by atoms with Crippen LogP contribution in [0, 0.1) is 5.92 Å². The van der Waals surface area contributed by atoms with Gasteiger partial charge in [0.05, 0.1) is 0 Å². The van der Waals surface area contributed by atoms with Crippen molar-refractivity contribution >= 4 is 12.1 Å². The molecule has 2 N–H and O–H groups in total. The first kappa shape index (κ1) is 12.4. The third kappa shape index (κ3) is 3.45. The van der Waals surface area contributed by atoms with Crippen molar-refractivity contribution in [3.05, 3.63) is 42.0 Å². The lowest BCUT2D eigenvalue weighted by atomic mass is 9.96. The van der Waals surface area contributed by atoms with E-state index in [1.165, 1.54) is 12.1 Å². The van der Waals surface area contributed by atoms with E-state index in [-0.39, 0.29) is 11.7 Å². The zero-order chi connectivity index (χ0) is 12.8. The molecule has 1 aromatic carbocycles. The summed E-state index contributed by atoms with van der Waals surface area (Å²) in [6.07, 6.45) is 9.20. The molecule has 0 aromatic heterocycles. The molecule has 2 rings (SSSR count). The summed E-state index contributed by atoms with van der Waals surface area (Å²) in [5, 5.41) is 13.2. The van der Waals surface area contributed by atoms with Crippen LogP contribution >= 0.6 is 0 Å². The van der Waals surface area contributed by atoms with E-state index >= 15 is 0 Å². The summed E-state index contributed by atoms with van der Waals surface area (Å²) in [7, 11) is 0. The van der Waals surface area contributed by atoms with E-state index in [9.17, 15) is 9.90 Å². The van der Waals surface area contributed by atoms with E-state index < -0.39 is 0 Å². The van der Waals surface area contributed by atoms with Gasteiger partial charge >= 0.3 is 0 Å². The van der Waals surface area contributed by atoms with Gasteiger partial charge in [-0.3, -0.25) is 4.79 Å². The second kappa shape index (κ2) is 6.00. The SMILES string of the molecule is O=C(N/N=C\[C@@H]1CC=CCC1)c1cccc(O)c1. The van der Waals surface area contributed by atoms with E-state index in [4.69, 9.17) is 0 Å². The first-order valence-electron chi connectivity index (χ1n) is 6.03. The van der Waals surface area contributed by atoms with Gasteiger partial charge in [0, 0.05) is 11.8 Å². The fourth-order valence-corrected chi connectivity index (χ4v) is 1.87. The number of aromatic hydroxyl groups is 1. The lowest BCUT2D eigenvalue weighted by Crippen LogP contribution is -2.18. The number of hydrazone groups is 1. The third-order valence-corrected chi connectivity index (χ3v) is 2.87. The molecule has 4 nitrogen and oxygen atoms in total. The number of amides is 1. The van der Waals surface area contributed by atoms with Gasteiger partial charge in [0.15, 0.2) is 0 Å². The number of nitrogens with one attached hydrogen (secondary N) is 1. The molecule has 4 heteroatoms. The highest BCUT2D eigenvalue weighted by Gasteiger charge is 2.07. The van der Waals surface area contributed by atoms with Crippen LogP contribution in [0.15, 0.2) is 41.5 Å². The second-order valence-corrected chi connectivity index (χ2v) is 4.31. The average Bonchev–Trinajstić information content (AvgIpc) is 2.40. The largest absolute Gasteiger partial charge is 0.508 e. The molecule has 0 bridgehead atoms. The Hall–Kier alpha value is -2.10. The maximum atomic E-state index is 11.7. The number of hydrogen-bond acceptors (Lipinski definition) is 3. The quantitative estimate of drug-likeness (QED) is 0.487. The van der Waals surface area contributed by atoms with Gasteiger partial charge < -0.3 is 5.11 Å². The van der Waals surface area contributed by atoms with Gasteiger partial charge in [-0.15, -0.1) is 0 Å². The maximum absolute atomic E-state index is 11.7. The zero-order valence-corrected chi connectivity index (χ0v) is 10.0. The molecule has 1 aliphatic rings. The Morgan fingerprint density at radius 1 is 1.44 bits per heavy atom. The Balaban J connectivity index is 1.88. The summed E-state index contributed by atoms with van der Waals surface area (Å²) in [6.45, 7) is 0. The fourth-order valence-electron chi connectivity index (χ4n) is 1.87. The Morgan fingerprint density at radius 3 is 3.06 bits per heavy atom. The standard InChI is InChI=1S/C14H16N2O2/c17-13-8-4-7-12(9-13)14(18)16-15-10-11-5-2-1-3-6-11/h1-2,4,7-11,17H,3,5-6H2,(H,16,18)/b15-10-/t11-/m1/s1. The molecule has 0 heterocycles. The number of allylic oxidation sites excluding steroid dienone is 2. The van der Waals surface area contributed by atoms with Crippen LogP contribution in [-0.4, -0.2) is 17.2 Å². The van der Waals surface area contributed by atoms with Crippen molar-refractivity contribution < 1.29 is 9.90 Å². The maximum Gasteiger partial charge on any atom is 0.271 e. The summed E-state index contributed by atoms with van der Waals surface area (Å²) in [4.78, 5) is 11.7. The molecule has 0 saturated carbocycles. The van der Waals surface area contributed by atoms with Crippen LogP contribution in [0.25, 0.3) is 0 Å². The minimum atomic E-state index is -0.312. The van der Waals surface area contributed by atoms with Crippen molar-refractivity contribution in [3.63, 3.8) is 0 Å². The zero-order valence-electron chi connectivity index (χ0n) is 10.0. The lowest BCUT2D eigenvalue weighted by Gasteiger charge is -2.11. The molecular formula is C14H16N2O2. The number of benzene rings is 1. The van der Waals surface area contributed by atoms with Crippen molar-refractivity contribution in [2.75, 3.05) is 0 Å². The number of phenols is 1. The van der Waals surface area contributed by atoms with Gasteiger partial charge in [0.2, 0.25) is 0 Å². The van der Waals surface area contributed by atoms with E-state index in [0.29, 0.717) is 11.5 Å².